The number of carbonyl (C=O) groups excluding carboxylic acids is 1. The first kappa shape index (κ1) is 15.6. The molecule has 2 N–H and O–H groups in total. The predicted molar refractivity (Wildman–Crippen MR) is 77.7 cm³/mol. The lowest BCUT2D eigenvalue weighted by molar-refractivity contribution is 0.00772. The minimum Gasteiger partial charge on any atom is -0.377 e. The molecule has 2 amide bonds. The van der Waals surface area contributed by atoms with E-state index in [4.69, 9.17) is 9.47 Å². The molecule has 5 heteroatoms. The summed E-state index contributed by atoms with van der Waals surface area (Å²) in [6.07, 6.45) is 2.24. The molecule has 0 aromatic rings. The van der Waals surface area contributed by atoms with Gasteiger partial charge in [0.2, 0.25) is 0 Å². The molecule has 4 atom stereocenters. The highest BCUT2D eigenvalue weighted by Crippen LogP contribution is 2.34. The third kappa shape index (κ3) is 3.85. The first-order valence-corrected chi connectivity index (χ1v) is 7.65. The van der Waals surface area contributed by atoms with Crippen LogP contribution in [0.4, 0.5) is 4.79 Å². The van der Waals surface area contributed by atoms with Crippen molar-refractivity contribution < 1.29 is 14.3 Å². The van der Waals surface area contributed by atoms with Gasteiger partial charge in [0.05, 0.1) is 18.2 Å². The quantitative estimate of drug-likeness (QED) is 0.832. The van der Waals surface area contributed by atoms with Crippen molar-refractivity contribution in [3.8, 4) is 0 Å². The Balaban J connectivity index is 1.75. The SMILES string of the molecule is C[C@@H]1OCC[C@@H]1NC(=O)NC[C@H]1CCO[C@@H]1C(C)(C)C. The largest absolute Gasteiger partial charge is 0.377 e. The van der Waals surface area contributed by atoms with Crippen LogP contribution >= 0.6 is 0 Å². The Morgan fingerprint density at radius 1 is 1.20 bits per heavy atom. The van der Waals surface area contributed by atoms with E-state index in [1.807, 2.05) is 6.92 Å². The van der Waals surface area contributed by atoms with Crippen LogP contribution in [0.2, 0.25) is 0 Å². The normalized spacial score (nSPS) is 34.2. The minimum atomic E-state index is -0.0908. The summed E-state index contributed by atoms with van der Waals surface area (Å²) in [6.45, 7) is 10.8. The highest BCUT2D eigenvalue weighted by Gasteiger charge is 2.37. The number of hydrogen-bond donors (Lipinski definition) is 2. The summed E-state index contributed by atoms with van der Waals surface area (Å²) in [5, 5.41) is 5.98. The molecular formula is C15H28N2O3. The zero-order chi connectivity index (χ0) is 14.8. The standard InChI is InChI=1S/C15H28N2O3/c1-10-12(6-8-19-10)17-14(18)16-9-11-5-7-20-13(11)15(2,3)4/h10-13H,5-9H2,1-4H3,(H2,16,17,18)/t10-,11+,12-,13-/m0/s1. The molecular weight excluding hydrogens is 256 g/mol. The van der Waals surface area contributed by atoms with Crippen LogP contribution in [-0.2, 0) is 9.47 Å². The fraction of sp³-hybridized carbons (Fsp3) is 0.933. The van der Waals surface area contributed by atoms with E-state index in [-0.39, 0.29) is 29.7 Å². The second-order valence-electron chi connectivity index (χ2n) is 7.03. The summed E-state index contributed by atoms with van der Waals surface area (Å²) < 4.78 is 11.3. The lowest BCUT2D eigenvalue weighted by atomic mass is 9.81. The summed E-state index contributed by atoms with van der Waals surface area (Å²) >= 11 is 0. The maximum atomic E-state index is 11.9. The molecule has 0 aromatic heterocycles. The first-order valence-electron chi connectivity index (χ1n) is 7.65. The Kier molecular flexibility index (Phi) is 4.91. The molecule has 2 fully saturated rings. The van der Waals surface area contributed by atoms with E-state index in [2.05, 4.69) is 31.4 Å². The maximum absolute atomic E-state index is 11.9. The number of amides is 2. The summed E-state index contributed by atoms with van der Waals surface area (Å²) in [7, 11) is 0. The highest BCUT2D eigenvalue weighted by molar-refractivity contribution is 5.74. The molecule has 0 spiro atoms. The fourth-order valence-electron chi connectivity index (χ4n) is 3.16. The van der Waals surface area contributed by atoms with Crippen LogP contribution in [-0.4, -0.2) is 44.0 Å². The molecule has 0 radical (unpaired) electrons. The van der Waals surface area contributed by atoms with Crippen molar-refractivity contribution in [3.63, 3.8) is 0 Å². The van der Waals surface area contributed by atoms with Crippen molar-refractivity contribution >= 4 is 6.03 Å². The van der Waals surface area contributed by atoms with E-state index >= 15 is 0 Å². The average Bonchev–Trinajstić information content (AvgIpc) is 2.96. The first-order chi connectivity index (χ1) is 9.38. The van der Waals surface area contributed by atoms with Crippen molar-refractivity contribution in [1.29, 1.82) is 0 Å². The van der Waals surface area contributed by atoms with Crippen molar-refractivity contribution in [3.05, 3.63) is 0 Å². The smallest absolute Gasteiger partial charge is 0.315 e. The molecule has 116 valence electrons. The van der Waals surface area contributed by atoms with Gasteiger partial charge in [0.25, 0.3) is 0 Å². The molecule has 0 bridgehead atoms. The molecule has 0 aliphatic carbocycles. The Bertz CT molecular complexity index is 341. The Labute approximate surface area is 121 Å². The van der Waals surface area contributed by atoms with Crippen LogP contribution in [0.25, 0.3) is 0 Å². The Hall–Kier alpha value is -0.810. The van der Waals surface area contributed by atoms with Gasteiger partial charge in [-0.1, -0.05) is 20.8 Å². The van der Waals surface area contributed by atoms with Gasteiger partial charge in [-0.15, -0.1) is 0 Å². The molecule has 20 heavy (non-hydrogen) atoms. The second-order valence-corrected chi connectivity index (χ2v) is 7.03. The molecule has 0 unspecified atom stereocenters. The van der Waals surface area contributed by atoms with Gasteiger partial charge in [-0.3, -0.25) is 0 Å². The van der Waals surface area contributed by atoms with Gasteiger partial charge in [0.15, 0.2) is 0 Å². The van der Waals surface area contributed by atoms with Crippen LogP contribution in [0.5, 0.6) is 0 Å². The van der Waals surface area contributed by atoms with Crippen molar-refractivity contribution in [2.24, 2.45) is 11.3 Å². The summed E-state index contributed by atoms with van der Waals surface area (Å²) in [6, 6.07) is 0.0418. The van der Waals surface area contributed by atoms with E-state index in [1.54, 1.807) is 0 Å². The van der Waals surface area contributed by atoms with E-state index in [0.717, 1.165) is 26.1 Å². The van der Waals surface area contributed by atoms with Crippen LogP contribution in [0.1, 0.15) is 40.5 Å². The lowest BCUT2D eigenvalue weighted by Gasteiger charge is -2.31. The van der Waals surface area contributed by atoms with Gasteiger partial charge in [0, 0.05) is 25.7 Å². The second kappa shape index (κ2) is 6.31. The molecule has 2 aliphatic rings. The van der Waals surface area contributed by atoms with Crippen LogP contribution in [0, 0.1) is 11.3 Å². The number of ether oxygens (including phenoxy) is 2. The molecule has 0 saturated carbocycles. The van der Waals surface area contributed by atoms with E-state index in [0.29, 0.717) is 12.5 Å². The molecule has 0 aromatic carbocycles. The number of urea groups is 1. The molecule has 2 saturated heterocycles. The Morgan fingerprint density at radius 3 is 2.50 bits per heavy atom. The summed E-state index contributed by atoms with van der Waals surface area (Å²) in [5.74, 6) is 0.401. The summed E-state index contributed by atoms with van der Waals surface area (Å²) in [4.78, 5) is 11.9. The number of rotatable bonds is 3. The minimum absolute atomic E-state index is 0.0908. The third-order valence-corrected chi connectivity index (χ3v) is 4.29. The number of hydrogen-bond acceptors (Lipinski definition) is 3. The van der Waals surface area contributed by atoms with Crippen LogP contribution in [0.3, 0.4) is 0 Å². The van der Waals surface area contributed by atoms with E-state index in [1.165, 1.54) is 0 Å². The molecule has 2 heterocycles. The van der Waals surface area contributed by atoms with Gasteiger partial charge >= 0.3 is 6.03 Å². The Morgan fingerprint density at radius 2 is 1.90 bits per heavy atom. The van der Waals surface area contributed by atoms with Crippen LogP contribution in [0.15, 0.2) is 0 Å². The van der Waals surface area contributed by atoms with Crippen molar-refractivity contribution in [2.45, 2.75) is 58.8 Å². The topological polar surface area (TPSA) is 59.6 Å². The highest BCUT2D eigenvalue weighted by atomic mass is 16.5. The zero-order valence-corrected chi connectivity index (χ0v) is 13.1. The summed E-state index contributed by atoms with van der Waals surface area (Å²) in [5.41, 5.74) is 0.118. The molecule has 5 nitrogen and oxygen atoms in total. The average molecular weight is 284 g/mol. The van der Waals surface area contributed by atoms with Gasteiger partial charge in [-0.05, 0) is 25.2 Å². The maximum Gasteiger partial charge on any atom is 0.315 e. The van der Waals surface area contributed by atoms with Crippen molar-refractivity contribution in [2.75, 3.05) is 19.8 Å². The van der Waals surface area contributed by atoms with Crippen molar-refractivity contribution in [1.82, 2.24) is 10.6 Å². The molecule has 2 aliphatic heterocycles. The van der Waals surface area contributed by atoms with E-state index in [9.17, 15) is 4.79 Å². The lowest BCUT2D eigenvalue weighted by Crippen LogP contribution is -2.47. The fourth-order valence-corrected chi connectivity index (χ4v) is 3.16. The van der Waals surface area contributed by atoms with Crippen LogP contribution < -0.4 is 10.6 Å². The van der Waals surface area contributed by atoms with Gasteiger partial charge in [-0.2, -0.15) is 0 Å². The number of nitrogens with one attached hydrogen (secondary N) is 2. The van der Waals surface area contributed by atoms with E-state index < -0.39 is 0 Å². The van der Waals surface area contributed by atoms with Gasteiger partial charge < -0.3 is 20.1 Å². The predicted octanol–water partition coefficient (Wildman–Crippen LogP) is 1.91. The van der Waals surface area contributed by atoms with Gasteiger partial charge in [-0.25, -0.2) is 4.79 Å². The zero-order valence-electron chi connectivity index (χ0n) is 13.1. The third-order valence-electron chi connectivity index (χ3n) is 4.29. The monoisotopic (exact) mass is 284 g/mol. The number of carbonyl (C=O) groups is 1. The van der Waals surface area contributed by atoms with Gasteiger partial charge in [0.1, 0.15) is 0 Å². The molecule has 2 rings (SSSR count).